The Morgan fingerprint density at radius 1 is 1.05 bits per heavy atom. The molecule has 0 aliphatic rings. The van der Waals surface area contributed by atoms with E-state index in [0.717, 1.165) is 11.3 Å². The number of hydrogen-bond donors (Lipinski definition) is 0. The summed E-state index contributed by atoms with van der Waals surface area (Å²) in [6, 6.07) is 17.1. The molecule has 0 spiro atoms. The lowest BCUT2D eigenvalue weighted by Crippen LogP contribution is -2.12. The molecule has 0 radical (unpaired) electrons. The predicted octanol–water partition coefficient (Wildman–Crippen LogP) is 4.15. The lowest BCUT2D eigenvalue weighted by atomic mass is 10.0. The molecule has 0 saturated carbocycles. The highest BCUT2D eigenvalue weighted by molar-refractivity contribution is 5.77. The summed E-state index contributed by atoms with van der Waals surface area (Å²) >= 11 is 0. The van der Waals surface area contributed by atoms with E-state index in [1.807, 2.05) is 61.5 Å². The van der Waals surface area contributed by atoms with Crippen LogP contribution in [0.3, 0.4) is 0 Å². The number of carbonyl (C=O) groups is 1. The molecule has 104 valence electrons. The van der Waals surface area contributed by atoms with Gasteiger partial charge in [-0.05, 0) is 43.7 Å². The molecule has 0 saturated heterocycles. The van der Waals surface area contributed by atoms with Crippen molar-refractivity contribution in [3.63, 3.8) is 0 Å². The Morgan fingerprint density at radius 3 is 2.45 bits per heavy atom. The van der Waals surface area contributed by atoms with Crippen molar-refractivity contribution >= 4 is 5.97 Å². The van der Waals surface area contributed by atoms with Crippen LogP contribution in [0.25, 0.3) is 0 Å². The Kier molecular flexibility index (Phi) is 4.77. The molecule has 1 atom stereocenters. The van der Waals surface area contributed by atoms with E-state index in [0.29, 0.717) is 12.4 Å². The number of carbonyl (C=O) groups excluding carboxylic acids is 1. The number of hydrogen-bond acceptors (Lipinski definition) is 3. The first-order valence-electron chi connectivity index (χ1n) is 6.70. The second-order valence-electron chi connectivity index (χ2n) is 4.46. The molecule has 2 rings (SSSR count). The van der Waals surface area contributed by atoms with Crippen LogP contribution in [0.15, 0.2) is 54.6 Å². The maximum atomic E-state index is 11.8. The molecule has 0 aliphatic heterocycles. The van der Waals surface area contributed by atoms with Crippen LogP contribution in [0.1, 0.15) is 25.3 Å². The van der Waals surface area contributed by atoms with Crippen LogP contribution in [0.4, 0.5) is 0 Å². The van der Waals surface area contributed by atoms with E-state index in [4.69, 9.17) is 9.47 Å². The van der Waals surface area contributed by atoms with Gasteiger partial charge in [-0.2, -0.15) is 0 Å². The standard InChI is InChI=1S/C17H18O3/c1-3-19-17(18)13(2)14-8-7-11-16(12-14)20-15-9-5-4-6-10-15/h4-13H,3H2,1-2H3. The zero-order valence-electron chi connectivity index (χ0n) is 11.7. The minimum Gasteiger partial charge on any atom is -0.466 e. The van der Waals surface area contributed by atoms with Gasteiger partial charge in [-0.1, -0.05) is 30.3 Å². The third-order valence-corrected chi connectivity index (χ3v) is 2.98. The van der Waals surface area contributed by atoms with Crippen molar-refractivity contribution in [3.05, 3.63) is 60.2 Å². The molecule has 3 heteroatoms. The van der Waals surface area contributed by atoms with Crippen LogP contribution in [-0.4, -0.2) is 12.6 Å². The van der Waals surface area contributed by atoms with Gasteiger partial charge in [0.15, 0.2) is 0 Å². The lowest BCUT2D eigenvalue weighted by Gasteiger charge is -2.12. The molecule has 3 nitrogen and oxygen atoms in total. The van der Waals surface area contributed by atoms with E-state index >= 15 is 0 Å². The first-order chi connectivity index (χ1) is 9.70. The summed E-state index contributed by atoms with van der Waals surface area (Å²) in [5, 5.41) is 0. The summed E-state index contributed by atoms with van der Waals surface area (Å²) in [7, 11) is 0. The Balaban J connectivity index is 2.13. The van der Waals surface area contributed by atoms with Crippen LogP contribution in [-0.2, 0) is 9.53 Å². The second kappa shape index (κ2) is 6.75. The van der Waals surface area contributed by atoms with E-state index < -0.39 is 0 Å². The van der Waals surface area contributed by atoms with Gasteiger partial charge in [0.05, 0.1) is 12.5 Å². The zero-order valence-corrected chi connectivity index (χ0v) is 11.7. The topological polar surface area (TPSA) is 35.5 Å². The highest BCUT2D eigenvalue weighted by Crippen LogP contribution is 2.25. The van der Waals surface area contributed by atoms with Crippen molar-refractivity contribution in [3.8, 4) is 11.5 Å². The molecule has 0 aliphatic carbocycles. The third-order valence-electron chi connectivity index (χ3n) is 2.98. The van der Waals surface area contributed by atoms with E-state index in [1.165, 1.54) is 0 Å². The van der Waals surface area contributed by atoms with Gasteiger partial charge in [-0.25, -0.2) is 0 Å². The van der Waals surface area contributed by atoms with Gasteiger partial charge in [0, 0.05) is 0 Å². The number of rotatable bonds is 5. The molecule has 2 aromatic carbocycles. The van der Waals surface area contributed by atoms with Gasteiger partial charge in [-0.3, -0.25) is 4.79 Å². The van der Waals surface area contributed by atoms with Gasteiger partial charge >= 0.3 is 5.97 Å². The number of benzene rings is 2. The van der Waals surface area contributed by atoms with Crippen molar-refractivity contribution in [1.82, 2.24) is 0 Å². The first-order valence-corrected chi connectivity index (χ1v) is 6.70. The van der Waals surface area contributed by atoms with Crippen LogP contribution in [0.5, 0.6) is 11.5 Å². The van der Waals surface area contributed by atoms with Crippen molar-refractivity contribution < 1.29 is 14.3 Å². The molecule has 0 amide bonds. The highest BCUT2D eigenvalue weighted by atomic mass is 16.5. The summed E-state index contributed by atoms with van der Waals surface area (Å²) in [5.41, 5.74) is 0.886. The SMILES string of the molecule is CCOC(=O)C(C)c1cccc(Oc2ccccc2)c1. The molecule has 0 fully saturated rings. The van der Waals surface area contributed by atoms with Gasteiger partial charge in [0.1, 0.15) is 11.5 Å². The minimum atomic E-state index is -0.297. The second-order valence-corrected chi connectivity index (χ2v) is 4.46. The molecule has 0 bridgehead atoms. The summed E-state index contributed by atoms with van der Waals surface area (Å²) in [6.07, 6.45) is 0. The van der Waals surface area contributed by atoms with E-state index in [-0.39, 0.29) is 11.9 Å². The van der Waals surface area contributed by atoms with Crippen molar-refractivity contribution in [2.75, 3.05) is 6.61 Å². The lowest BCUT2D eigenvalue weighted by molar-refractivity contribution is -0.144. The van der Waals surface area contributed by atoms with E-state index in [9.17, 15) is 4.79 Å². The van der Waals surface area contributed by atoms with Gasteiger partial charge in [-0.15, -0.1) is 0 Å². The quantitative estimate of drug-likeness (QED) is 0.766. The molecule has 20 heavy (non-hydrogen) atoms. The molecular formula is C17H18O3. The molecular weight excluding hydrogens is 252 g/mol. The Morgan fingerprint density at radius 2 is 1.75 bits per heavy atom. The Hall–Kier alpha value is -2.29. The van der Waals surface area contributed by atoms with Crippen molar-refractivity contribution in [2.45, 2.75) is 19.8 Å². The summed E-state index contributed by atoms with van der Waals surface area (Å²) in [4.78, 5) is 11.8. The van der Waals surface area contributed by atoms with Crippen LogP contribution in [0, 0.1) is 0 Å². The predicted molar refractivity (Wildman–Crippen MR) is 78.0 cm³/mol. The van der Waals surface area contributed by atoms with Crippen LogP contribution < -0.4 is 4.74 Å². The van der Waals surface area contributed by atoms with E-state index in [1.54, 1.807) is 6.92 Å². The molecule has 1 unspecified atom stereocenters. The maximum Gasteiger partial charge on any atom is 0.313 e. The Bertz CT molecular complexity index is 563. The Labute approximate surface area is 119 Å². The zero-order chi connectivity index (χ0) is 14.4. The monoisotopic (exact) mass is 270 g/mol. The van der Waals surface area contributed by atoms with Gasteiger partial charge in [0.25, 0.3) is 0 Å². The van der Waals surface area contributed by atoms with Crippen molar-refractivity contribution in [2.24, 2.45) is 0 Å². The summed E-state index contributed by atoms with van der Waals surface area (Å²) in [6.45, 7) is 4.03. The van der Waals surface area contributed by atoms with Gasteiger partial charge in [0.2, 0.25) is 0 Å². The van der Waals surface area contributed by atoms with E-state index in [2.05, 4.69) is 0 Å². The average molecular weight is 270 g/mol. The molecule has 2 aromatic rings. The fraction of sp³-hybridized carbons (Fsp3) is 0.235. The van der Waals surface area contributed by atoms with Crippen LogP contribution >= 0.6 is 0 Å². The fourth-order valence-electron chi connectivity index (χ4n) is 1.88. The molecule has 0 heterocycles. The number of ether oxygens (including phenoxy) is 2. The maximum absolute atomic E-state index is 11.8. The minimum absolute atomic E-state index is 0.218. The third kappa shape index (κ3) is 3.60. The average Bonchev–Trinajstić information content (AvgIpc) is 2.48. The van der Waals surface area contributed by atoms with Crippen LogP contribution in [0.2, 0.25) is 0 Å². The smallest absolute Gasteiger partial charge is 0.313 e. The fourth-order valence-corrected chi connectivity index (χ4v) is 1.88. The van der Waals surface area contributed by atoms with Gasteiger partial charge < -0.3 is 9.47 Å². The normalized spacial score (nSPS) is 11.7. The number of esters is 1. The highest BCUT2D eigenvalue weighted by Gasteiger charge is 2.16. The summed E-state index contributed by atoms with van der Waals surface area (Å²) in [5.74, 6) is 0.969. The summed E-state index contributed by atoms with van der Waals surface area (Å²) < 4.78 is 10.8. The van der Waals surface area contributed by atoms with Crippen molar-refractivity contribution in [1.29, 1.82) is 0 Å². The number of para-hydroxylation sites is 1. The molecule has 0 aromatic heterocycles. The first kappa shape index (κ1) is 14.1. The molecule has 0 N–H and O–H groups in total. The largest absolute Gasteiger partial charge is 0.466 e.